The van der Waals surface area contributed by atoms with Crippen LogP contribution >= 0.6 is 0 Å². The standard InChI is InChI=1S/C8H5F5O/c9-2-5(14)6-7(12)3(10)1-4(11)8(6)13/h1,5,14H,2H2. The van der Waals surface area contributed by atoms with E-state index in [-0.39, 0.29) is 6.07 Å². The zero-order valence-electron chi connectivity index (χ0n) is 6.70. The molecular formula is C8H5F5O. The minimum atomic E-state index is -2.21. The number of hydrogen-bond donors (Lipinski definition) is 1. The molecule has 0 bridgehead atoms. The molecule has 0 aromatic heterocycles. The van der Waals surface area contributed by atoms with Gasteiger partial charge in [-0.05, 0) is 0 Å². The Balaban J connectivity index is 3.39. The Bertz CT molecular complexity index is 326. The number of halogens is 5. The third-order valence-electron chi connectivity index (χ3n) is 1.63. The number of aliphatic hydroxyl groups excluding tert-OH is 1. The maximum absolute atomic E-state index is 12.8. The van der Waals surface area contributed by atoms with E-state index in [0.29, 0.717) is 0 Å². The van der Waals surface area contributed by atoms with Gasteiger partial charge in [0.25, 0.3) is 0 Å². The molecule has 78 valence electrons. The summed E-state index contributed by atoms with van der Waals surface area (Å²) in [7, 11) is 0. The van der Waals surface area contributed by atoms with Gasteiger partial charge < -0.3 is 5.11 Å². The van der Waals surface area contributed by atoms with Crippen LogP contribution in [0.15, 0.2) is 6.07 Å². The van der Waals surface area contributed by atoms with Crippen molar-refractivity contribution >= 4 is 0 Å². The first-order valence-electron chi connectivity index (χ1n) is 3.56. The molecule has 0 saturated carbocycles. The first-order valence-corrected chi connectivity index (χ1v) is 3.56. The lowest BCUT2D eigenvalue weighted by Crippen LogP contribution is -2.09. The summed E-state index contributed by atoms with van der Waals surface area (Å²) < 4.78 is 62.4. The van der Waals surface area contributed by atoms with E-state index in [1.165, 1.54) is 0 Å². The fraction of sp³-hybridized carbons (Fsp3) is 0.250. The van der Waals surface area contributed by atoms with Crippen molar-refractivity contribution < 1.29 is 27.1 Å². The van der Waals surface area contributed by atoms with Gasteiger partial charge in [-0.3, -0.25) is 0 Å². The van der Waals surface area contributed by atoms with E-state index in [1.807, 2.05) is 0 Å². The van der Waals surface area contributed by atoms with E-state index >= 15 is 0 Å². The molecule has 0 radical (unpaired) electrons. The largest absolute Gasteiger partial charge is 0.385 e. The van der Waals surface area contributed by atoms with Crippen molar-refractivity contribution in [1.29, 1.82) is 0 Å². The van der Waals surface area contributed by atoms with Crippen molar-refractivity contribution in [1.82, 2.24) is 0 Å². The van der Waals surface area contributed by atoms with E-state index in [4.69, 9.17) is 5.11 Å². The molecule has 1 aromatic rings. The lowest BCUT2D eigenvalue weighted by atomic mass is 10.1. The highest BCUT2D eigenvalue weighted by Crippen LogP contribution is 2.25. The van der Waals surface area contributed by atoms with Crippen LogP contribution in [0.25, 0.3) is 0 Å². The zero-order valence-corrected chi connectivity index (χ0v) is 6.70. The summed E-state index contributed by atoms with van der Waals surface area (Å²) in [4.78, 5) is 0. The minimum absolute atomic E-state index is 0.0148. The van der Waals surface area contributed by atoms with E-state index < -0.39 is 41.6 Å². The zero-order chi connectivity index (χ0) is 10.9. The second kappa shape index (κ2) is 3.91. The summed E-state index contributed by atoms with van der Waals surface area (Å²) in [5.74, 6) is -6.92. The van der Waals surface area contributed by atoms with Gasteiger partial charge in [-0.2, -0.15) is 0 Å². The van der Waals surface area contributed by atoms with Crippen molar-refractivity contribution in [3.05, 3.63) is 34.9 Å². The van der Waals surface area contributed by atoms with Gasteiger partial charge >= 0.3 is 0 Å². The minimum Gasteiger partial charge on any atom is -0.385 e. The van der Waals surface area contributed by atoms with Crippen LogP contribution in [0.5, 0.6) is 0 Å². The molecule has 1 aromatic carbocycles. The Kier molecular flexibility index (Phi) is 3.05. The second-order valence-electron chi connectivity index (χ2n) is 2.55. The first-order chi connectivity index (χ1) is 6.49. The molecule has 0 aliphatic rings. The molecule has 0 heterocycles. The normalized spacial score (nSPS) is 13.0. The van der Waals surface area contributed by atoms with Gasteiger partial charge in [0.1, 0.15) is 12.8 Å². The average Bonchev–Trinajstić information content (AvgIpc) is 2.15. The second-order valence-corrected chi connectivity index (χ2v) is 2.55. The molecule has 1 nitrogen and oxygen atoms in total. The maximum Gasteiger partial charge on any atom is 0.167 e. The van der Waals surface area contributed by atoms with Crippen LogP contribution in [-0.4, -0.2) is 11.8 Å². The molecule has 1 rings (SSSR count). The quantitative estimate of drug-likeness (QED) is 0.588. The molecule has 0 aliphatic carbocycles. The van der Waals surface area contributed by atoms with E-state index in [1.54, 1.807) is 0 Å². The molecule has 0 aliphatic heterocycles. The van der Waals surface area contributed by atoms with Gasteiger partial charge in [-0.15, -0.1) is 0 Å². The number of rotatable bonds is 2. The van der Waals surface area contributed by atoms with Gasteiger partial charge in [-0.1, -0.05) is 0 Å². The fourth-order valence-corrected chi connectivity index (χ4v) is 0.961. The highest BCUT2D eigenvalue weighted by atomic mass is 19.2. The van der Waals surface area contributed by atoms with Crippen molar-refractivity contribution in [2.75, 3.05) is 6.67 Å². The van der Waals surface area contributed by atoms with Crippen LogP contribution in [0.2, 0.25) is 0 Å². The lowest BCUT2D eigenvalue weighted by molar-refractivity contribution is 0.131. The summed E-state index contributed by atoms with van der Waals surface area (Å²) in [5.41, 5.74) is -1.33. The van der Waals surface area contributed by atoms with E-state index in [2.05, 4.69) is 0 Å². The molecular weight excluding hydrogens is 207 g/mol. The van der Waals surface area contributed by atoms with Gasteiger partial charge in [-0.25, -0.2) is 22.0 Å². The monoisotopic (exact) mass is 212 g/mol. The number of benzene rings is 1. The Morgan fingerprint density at radius 1 is 1.07 bits per heavy atom. The summed E-state index contributed by atoms with van der Waals surface area (Å²) in [5, 5.41) is 8.75. The highest BCUT2D eigenvalue weighted by Gasteiger charge is 2.24. The lowest BCUT2D eigenvalue weighted by Gasteiger charge is -2.09. The molecule has 0 fully saturated rings. The molecule has 0 spiro atoms. The topological polar surface area (TPSA) is 20.2 Å². The number of hydrogen-bond acceptors (Lipinski definition) is 1. The number of alkyl halides is 1. The maximum atomic E-state index is 12.8. The Hall–Kier alpha value is -1.17. The Labute approximate surface area is 75.8 Å². The highest BCUT2D eigenvalue weighted by molar-refractivity contribution is 5.24. The summed E-state index contributed by atoms with van der Waals surface area (Å²) in [6.07, 6.45) is -2.21. The van der Waals surface area contributed by atoms with Gasteiger partial charge in [0, 0.05) is 6.07 Å². The SMILES string of the molecule is OC(CF)c1c(F)c(F)cc(F)c1F. The molecule has 1 N–H and O–H groups in total. The summed E-state index contributed by atoms with van der Waals surface area (Å²) >= 11 is 0. The van der Waals surface area contributed by atoms with Crippen LogP contribution < -0.4 is 0 Å². The molecule has 14 heavy (non-hydrogen) atoms. The molecule has 0 amide bonds. The third kappa shape index (κ3) is 1.70. The first kappa shape index (κ1) is 10.9. The van der Waals surface area contributed by atoms with E-state index in [0.717, 1.165) is 0 Å². The fourth-order valence-electron chi connectivity index (χ4n) is 0.961. The van der Waals surface area contributed by atoms with Crippen LogP contribution in [0.4, 0.5) is 22.0 Å². The average molecular weight is 212 g/mol. The molecule has 6 heteroatoms. The van der Waals surface area contributed by atoms with Crippen molar-refractivity contribution in [2.24, 2.45) is 0 Å². The van der Waals surface area contributed by atoms with Gasteiger partial charge in [0.15, 0.2) is 23.3 Å². The van der Waals surface area contributed by atoms with Crippen molar-refractivity contribution in [3.8, 4) is 0 Å². The van der Waals surface area contributed by atoms with Crippen molar-refractivity contribution in [3.63, 3.8) is 0 Å². The summed E-state index contributed by atoms with van der Waals surface area (Å²) in [6.45, 7) is -1.53. The summed E-state index contributed by atoms with van der Waals surface area (Å²) in [6, 6.07) is -0.0148. The molecule has 1 atom stereocenters. The van der Waals surface area contributed by atoms with Crippen LogP contribution in [0.3, 0.4) is 0 Å². The third-order valence-corrected chi connectivity index (χ3v) is 1.63. The predicted octanol–water partition coefficient (Wildman–Crippen LogP) is 2.25. The van der Waals surface area contributed by atoms with Crippen LogP contribution in [-0.2, 0) is 0 Å². The van der Waals surface area contributed by atoms with Gasteiger partial charge in [0.2, 0.25) is 0 Å². The number of aliphatic hydroxyl groups is 1. The smallest absolute Gasteiger partial charge is 0.167 e. The Morgan fingerprint density at radius 3 is 1.86 bits per heavy atom. The van der Waals surface area contributed by atoms with E-state index in [9.17, 15) is 22.0 Å². The predicted molar refractivity (Wildman–Crippen MR) is 37.2 cm³/mol. The molecule has 1 unspecified atom stereocenters. The van der Waals surface area contributed by atoms with Gasteiger partial charge in [0.05, 0.1) is 5.56 Å². The van der Waals surface area contributed by atoms with Crippen LogP contribution in [0, 0.1) is 23.3 Å². The van der Waals surface area contributed by atoms with Crippen LogP contribution in [0.1, 0.15) is 11.7 Å². The Morgan fingerprint density at radius 2 is 1.50 bits per heavy atom. The molecule has 0 saturated heterocycles. The van der Waals surface area contributed by atoms with Crippen molar-refractivity contribution in [2.45, 2.75) is 6.10 Å².